The van der Waals surface area contributed by atoms with Crippen LogP contribution >= 0.6 is 0 Å². The lowest BCUT2D eigenvalue weighted by Gasteiger charge is -2.10. The molecule has 0 saturated carbocycles. The fourth-order valence-corrected chi connectivity index (χ4v) is 1.96. The summed E-state index contributed by atoms with van der Waals surface area (Å²) in [7, 11) is -0.606. The van der Waals surface area contributed by atoms with E-state index in [-0.39, 0.29) is 0 Å². The fourth-order valence-electron chi connectivity index (χ4n) is 1.38. The van der Waals surface area contributed by atoms with E-state index in [0.717, 1.165) is 5.56 Å². The van der Waals surface area contributed by atoms with Gasteiger partial charge in [0, 0.05) is 6.54 Å². The molecule has 0 N–H and O–H groups in total. The van der Waals surface area contributed by atoms with E-state index in [0.29, 0.717) is 12.1 Å². The zero-order valence-electron chi connectivity index (χ0n) is 8.77. The lowest BCUT2D eigenvalue weighted by Crippen LogP contribution is -2.10. The van der Waals surface area contributed by atoms with E-state index < -0.39 is 16.0 Å². The third-order valence-corrected chi connectivity index (χ3v) is 2.51. The first kappa shape index (κ1) is 12.1. The highest BCUT2D eigenvalue weighted by Gasteiger charge is 2.08. The summed E-state index contributed by atoms with van der Waals surface area (Å²) in [4.78, 5) is 1.96. The van der Waals surface area contributed by atoms with Crippen LogP contribution in [0.2, 0.25) is 0 Å². The van der Waals surface area contributed by atoms with E-state index in [1.165, 1.54) is 0 Å². The largest absolute Gasteiger partial charge is 0.306 e. The summed E-state index contributed by atoms with van der Waals surface area (Å²) < 4.78 is 33.3. The fraction of sp³-hybridized carbons (Fsp3) is 0.400. The number of rotatable bonds is 4. The maximum Gasteiger partial charge on any atom is 0.306 e. The normalized spacial score (nSPS) is 12.0. The number of benzene rings is 1. The van der Waals surface area contributed by atoms with E-state index in [9.17, 15) is 12.3 Å². The van der Waals surface area contributed by atoms with Crippen molar-refractivity contribution in [3.8, 4) is 0 Å². The van der Waals surface area contributed by atoms with Crippen LogP contribution in [0.4, 0.5) is 3.89 Å². The summed E-state index contributed by atoms with van der Waals surface area (Å²) in [6, 6.07) is 6.93. The maximum atomic E-state index is 12.4. The minimum absolute atomic E-state index is 0.483. The van der Waals surface area contributed by atoms with E-state index in [1.54, 1.807) is 18.2 Å². The highest BCUT2D eigenvalue weighted by Crippen LogP contribution is 2.11. The molecule has 0 fully saturated rings. The summed E-state index contributed by atoms with van der Waals surface area (Å²) in [6.45, 7) is 0.709. The highest BCUT2D eigenvalue weighted by atomic mass is 32.3. The number of nitrogens with zero attached hydrogens (tertiary/aromatic N) is 1. The summed E-state index contributed by atoms with van der Waals surface area (Å²) in [5.41, 5.74) is 1.46. The molecule has 0 radical (unpaired) electrons. The van der Waals surface area contributed by atoms with Crippen molar-refractivity contribution in [2.24, 2.45) is 0 Å². The molecule has 0 bridgehead atoms. The average Bonchev–Trinajstić information content (AvgIpc) is 1.99. The van der Waals surface area contributed by atoms with Gasteiger partial charge in [0.05, 0.1) is 0 Å². The molecule has 0 aliphatic carbocycles. The lowest BCUT2D eigenvalue weighted by molar-refractivity contribution is 0.402. The predicted octanol–water partition coefficient (Wildman–Crippen LogP) is 1.55. The van der Waals surface area contributed by atoms with Crippen LogP contribution in [0, 0.1) is 0 Å². The van der Waals surface area contributed by atoms with Crippen LogP contribution in [0.1, 0.15) is 11.1 Å². The Bertz CT molecular complexity index is 429. The molecule has 5 heteroatoms. The SMILES string of the molecule is CN(C)Cc1cccc(CS(=O)(=O)F)c1. The van der Waals surface area contributed by atoms with Crippen molar-refractivity contribution >= 4 is 10.2 Å². The Labute approximate surface area is 89.7 Å². The van der Waals surface area contributed by atoms with Gasteiger partial charge in [-0.25, -0.2) is 0 Å². The van der Waals surface area contributed by atoms with Gasteiger partial charge in [-0.2, -0.15) is 8.42 Å². The minimum atomic E-state index is -4.44. The van der Waals surface area contributed by atoms with Gasteiger partial charge in [-0.1, -0.05) is 24.3 Å². The molecule has 0 aliphatic rings. The quantitative estimate of drug-likeness (QED) is 0.738. The molecular formula is C10H14FNO2S. The van der Waals surface area contributed by atoms with Crippen molar-refractivity contribution in [3.05, 3.63) is 35.4 Å². The van der Waals surface area contributed by atoms with Crippen LogP contribution in [0.3, 0.4) is 0 Å². The molecule has 0 amide bonds. The average molecular weight is 231 g/mol. The third-order valence-electron chi connectivity index (χ3n) is 1.83. The molecule has 0 atom stereocenters. The molecule has 1 aromatic rings. The molecule has 0 aromatic heterocycles. The lowest BCUT2D eigenvalue weighted by atomic mass is 10.1. The van der Waals surface area contributed by atoms with Gasteiger partial charge in [0.15, 0.2) is 0 Å². The minimum Gasteiger partial charge on any atom is -0.305 e. The van der Waals surface area contributed by atoms with Gasteiger partial charge in [0.2, 0.25) is 0 Å². The van der Waals surface area contributed by atoms with Crippen molar-refractivity contribution < 1.29 is 12.3 Å². The van der Waals surface area contributed by atoms with Gasteiger partial charge < -0.3 is 4.90 Å². The number of hydrogen-bond acceptors (Lipinski definition) is 3. The first-order chi connectivity index (χ1) is 6.87. The van der Waals surface area contributed by atoms with E-state index in [4.69, 9.17) is 0 Å². The van der Waals surface area contributed by atoms with E-state index in [1.807, 2.05) is 25.1 Å². The monoisotopic (exact) mass is 231 g/mol. The molecule has 84 valence electrons. The Balaban J connectivity index is 2.83. The molecule has 0 heterocycles. The summed E-state index contributed by atoms with van der Waals surface area (Å²) >= 11 is 0. The standard InChI is InChI=1S/C10H14FNO2S/c1-12(2)7-9-4-3-5-10(6-9)8-15(11,13)14/h3-6H,7-8H2,1-2H3. The molecule has 0 spiro atoms. The summed E-state index contributed by atoms with van der Waals surface area (Å²) in [5.74, 6) is -0.547. The first-order valence-electron chi connectivity index (χ1n) is 4.52. The molecule has 15 heavy (non-hydrogen) atoms. The first-order valence-corrected chi connectivity index (χ1v) is 6.07. The van der Waals surface area contributed by atoms with Crippen molar-refractivity contribution in [1.82, 2.24) is 4.90 Å². The Morgan fingerprint density at radius 1 is 1.27 bits per heavy atom. The van der Waals surface area contributed by atoms with Gasteiger partial charge in [0.25, 0.3) is 0 Å². The molecule has 1 aromatic carbocycles. The number of halogens is 1. The smallest absolute Gasteiger partial charge is 0.305 e. The maximum absolute atomic E-state index is 12.4. The Kier molecular flexibility index (Phi) is 3.82. The second-order valence-electron chi connectivity index (χ2n) is 3.74. The topological polar surface area (TPSA) is 37.4 Å². The second kappa shape index (κ2) is 4.72. The van der Waals surface area contributed by atoms with Crippen LogP contribution in [0.15, 0.2) is 24.3 Å². The second-order valence-corrected chi connectivity index (χ2v) is 5.11. The van der Waals surface area contributed by atoms with Crippen molar-refractivity contribution in [3.63, 3.8) is 0 Å². The van der Waals surface area contributed by atoms with E-state index in [2.05, 4.69) is 0 Å². The Morgan fingerprint density at radius 3 is 2.40 bits per heavy atom. The molecular weight excluding hydrogens is 217 g/mol. The van der Waals surface area contributed by atoms with Gasteiger partial charge in [-0.15, -0.1) is 3.89 Å². The Morgan fingerprint density at radius 2 is 1.87 bits per heavy atom. The van der Waals surface area contributed by atoms with Crippen molar-refractivity contribution in [1.29, 1.82) is 0 Å². The molecule has 0 aliphatic heterocycles. The molecule has 3 nitrogen and oxygen atoms in total. The zero-order valence-corrected chi connectivity index (χ0v) is 9.59. The zero-order chi connectivity index (χ0) is 11.5. The molecule has 1 rings (SSSR count). The summed E-state index contributed by atoms with van der Waals surface area (Å²) in [5, 5.41) is 0. The third kappa shape index (κ3) is 4.90. The van der Waals surface area contributed by atoms with Gasteiger partial charge in [-0.3, -0.25) is 0 Å². The number of hydrogen-bond donors (Lipinski definition) is 0. The van der Waals surface area contributed by atoms with Crippen LogP contribution in [-0.4, -0.2) is 27.4 Å². The highest BCUT2D eigenvalue weighted by molar-refractivity contribution is 7.85. The van der Waals surface area contributed by atoms with Crippen LogP contribution in [0.25, 0.3) is 0 Å². The van der Waals surface area contributed by atoms with Gasteiger partial charge in [-0.05, 0) is 25.2 Å². The molecule has 0 saturated heterocycles. The Hall–Kier alpha value is -0.940. The van der Waals surface area contributed by atoms with Crippen LogP contribution in [-0.2, 0) is 22.5 Å². The van der Waals surface area contributed by atoms with Crippen LogP contribution in [0.5, 0.6) is 0 Å². The van der Waals surface area contributed by atoms with Crippen molar-refractivity contribution in [2.75, 3.05) is 14.1 Å². The van der Waals surface area contributed by atoms with Gasteiger partial charge in [0.1, 0.15) is 5.75 Å². The van der Waals surface area contributed by atoms with Crippen molar-refractivity contribution in [2.45, 2.75) is 12.3 Å². The van der Waals surface area contributed by atoms with E-state index >= 15 is 0 Å². The molecule has 0 unspecified atom stereocenters. The predicted molar refractivity (Wildman–Crippen MR) is 57.6 cm³/mol. The summed E-state index contributed by atoms with van der Waals surface area (Å²) in [6.07, 6.45) is 0. The van der Waals surface area contributed by atoms with Crippen LogP contribution < -0.4 is 0 Å². The van der Waals surface area contributed by atoms with Gasteiger partial charge >= 0.3 is 10.2 Å².